The molecule has 0 aromatic carbocycles. The number of carbonyl (C=O) groups excluding carboxylic acids is 1. The predicted molar refractivity (Wildman–Crippen MR) is 67.6 cm³/mol. The number of carboxylic acid groups (broad SMARTS) is 1. The van der Waals surface area contributed by atoms with Crippen molar-refractivity contribution in [2.24, 2.45) is 17.3 Å². The van der Waals surface area contributed by atoms with Gasteiger partial charge in [0.15, 0.2) is 0 Å². The Labute approximate surface area is 116 Å². The zero-order valence-electron chi connectivity index (χ0n) is 11.1. The Bertz CT molecular complexity index is 365. The van der Waals surface area contributed by atoms with Gasteiger partial charge in [0.25, 0.3) is 0 Å². The number of rotatable bonds is 7. The third kappa shape index (κ3) is 3.78. The summed E-state index contributed by atoms with van der Waals surface area (Å²) in [6, 6.07) is 0. The van der Waals surface area contributed by atoms with E-state index in [0.717, 1.165) is 0 Å². The lowest BCUT2D eigenvalue weighted by atomic mass is 9.83. The number of hydrogen-bond donors (Lipinski definition) is 4. The quantitative estimate of drug-likeness (QED) is 0.355. The van der Waals surface area contributed by atoms with E-state index in [-0.39, 0.29) is 19.4 Å². The van der Waals surface area contributed by atoms with Crippen LogP contribution in [0.3, 0.4) is 0 Å². The summed E-state index contributed by atoms with van der Waals surface area (Å²) in [5.74, 6) is -3.37. The molecular formula is C13H20O7. The highest BCUT2D eigenvalue weighted by molar-refractivity contribution is 5.81. The van der Waals surface area contributed by atoms with E-state index in [4.69, 9.17) is 25.2 Å². The molecule has 0 aromatic heterocycles. The molecule has 20 heavy (non-hydrogen) atoms. The van der Waals surface area contributed by atoms with Crippen LogP contribution in [-0.2, 0) is 14.3 Å². The van der Waals surface area contributed by atoms with Gasteiger partial charge in [0.05, 0.1) is 37.1 Å². The van der Waals surface area contributed by atoms with Crippen LogP contribution in [0, 0.1) is 17.3 Å². The van der Waals surface area contributed by atoms with E-state index in [1.807, 2.05) is 0 Å². The number of ether oxygens (including phenoxy) is 1. The second-order valence-corrected chi connectivity index (χ2v) is 5.08. The minimum absolute atomic E-state index is 0.264. The van der Waals surface area contributed by atoms with Crippen molar-refractivity contribution >= 4 is 11.9 Å². The van der Waals surface area contributed by atoms with Gasteiger partial charge in [0.2, 0.25) is 0 Å². The summed E-state index contributed by atoms with van der Waals surface area (Å²) >= 11 is 0. The molecule has 0 saturated heterocycles. The molecule has 4 N–H and O–H groups in total. The average molecular weight is 288 g/mol. The topological polar surface area (TPSA) is 124 Å². The molecular weight excluding hydrogens is 268 g/mol. The molecule has 0 bridgehead atoms. The second-order valence-electron chi connectivity index (χ2n) is 5.08. The number of allylic oxidation sites excluding steroid dienone is 2. The molecule has 0 aromatic rings. The average Bonchev–Trinajstić information content (AvgIpc) is 2.49. The van der Waals surface area contributed by atoms with Crippen molar-refractivity contribution in [2.45, 2.75) is 12.8 Å². The van der Waals surface area contributed by atoms with Crippen LogP contribution in [0.5, 0.6) is 0 Å². The van der Waals surface area contributed by atoms with Crippen molar-refractivity contribution in [3.63, 3.8) is 0 Å². The van der Waals surface area contributed by atoms with Gasteiger partial charge in [0.1, 0.15) is 6.61 Å². The molecule has 0 fully saturated rings. The third-order valence-corrected chi connectivity index (χ3v) is 3.58. The number of aliphatic hydroxyl groups is 3. The van der Waals surface area contributed by atoms with Gasteiger partial charge in [-0.2, -0.15) is 0 Å². The highest BCUT2D eigenvalue weighted by Crippen LogP contribution is 2.28. The van der Waals surface area contributed by atoms with Gasteiger partial charge < -0.3 is 25.2 Å². The van der Waals surface area contributed by atoms with Crippen LogP contribution in [-0.4, -0.2) is 58.8 Å². The fourth-order valence-electron chi connectivity index (χ4n) is 1.97. The van der Waals surface area contributed by atoms with E-state index in [1.54, 1.807) is 12.2 Å². The van der Waals surface area contributed by atoms with Gasteiger partial charge in [0, 0.05) is 0 Å². The Hall–Kier alpha value is -1.44. The zero-order valence-corrected chi connectivity index (χ0v) is 11.1. The Balaban J connectivity index is 2.65. The number of carbonyl (C=O) groups is 2. The lowest BCUT2D eigenvalue weighted by Crippen LogP contribution is -2.41. The lowest BCUT2D eigenvalue weighted by molar-refractivity contribution is -0.163. The van der Waals surface area contributed by atoms with Gasteiger partial charge in [-0.1, -0.05) is 12.2 Å². The maximum Gasteiger partial charge on any atom is 0.310 e. The van der Waals surface area contributed by atoms with Crippen molar-refractivity contribution in [1.82, 2.24) is 0 Å². The van der Waals surface area contributed by atoms with Crippen LogP contribution in [0.4, 0.5) is 0 Å². The molecule has 0 amide bonds. The van der Waals surface area contributed by atoms with E-state index in [9.17, 15) is 9.59 Å². The fourth-order valence-corrected chi connectivity index (χ4v) is 1.97. The first-order valence-corrected chi connectivity index (χ1v) is 6.36. The van der Waals surface area contributed by atoms with Crippen LogP contribution < -0.4 is 0 Å². The molecule has 0 aliphatic heterocycles. The number of esters is 1. The van der Waals surface area contributed by atoms with Crippen molar-refractivity contribution < 1.29 is 34.8 Å². The summed E-state index contributed by atoms with van der Waals surface area (Å²) < 4.78 is 4.98. The van der Waals surface area contributed by atoms with Crippen molar-refractivity contribution in [3.8, 4) is 0 Å². The Kier molecular flexibility index (Phi) is 6.12. The molecule has 114 valence electrons. The fraction of sp³-hybridized carbons (Fsp3) is 0.692. The van der Waals surface area contributed by atoms with Crippen LogP contribution in [0.1, 0.15) is 12.8 Å². The van der Waals surface area contributed by atoms with E-state index in [2.05, 4.69) is 0 Å². The molecule has 1 rings (SSSR count). The smallest absolute Gasteiger partial charge is 0.310 e. The third-order valence-electron chi connectivity index (χ3n) is 3.58. The molecule has 1 aliphatic carbocycles. The molecule has 0 saturated carbocycles. The van der Waals surface area contributed by atoms with Gasteiger partial charge in [-0.3, -0.25) is 9.59 Å². The maximum atomic E-state index is 11.9. The Morgan fingerprint density at radius 1 is 1.05 bits per heavy atom. The summed E-state index contributed by atoms with van der Waals surface area (Å²) in [6.45, 7) is -1.98. The summed E-state index contributed by atoms with van der Waals surface area (Å²) in [5.41, 5.74) is -1.31. The summed E-state index contributed by atoms with van der Waals surface area (Å²) in [7, 11) is 0. The van der Waals surface area contributed by atoms with Gasteiger partial charge in [-0.15, -0.1) is 0 Å². The second kappa shape index (κ2) is 7.37. The number of aliphatic carboxylic acids is 1. The first-order valence-electron chi connectivity index (χ1n) is 6.36. The standard InChI is InChI=1S/C13H20O7/c14-5-13(6-15,7-16)8-20-12(19)10-4-2-1-3-9(10)11(17)18/h1-2,9-10,14-16H,3-8H2,(H,17,18)/t9-,10+/m1/s1. The molecule has 0 unspecified atom stereocenters. The molecule has 7 heteroatoms. The number of carboxylic acids is 1. The first kappa shape index (κ1) is 16.6. The largest absolute Gasteiger partial charge is 0.481 e. The van der Waals surface area contributed by atoms with E-state index >= 15 is 0 Å². The van der Waals surface area contributed by atoms with Gasteiger partial charge in [-0.25, -0.2) is 0 Å². The number of aliphatic hydroxyl groups excluding tert-OH is 3. The summed E-state index contributed by atoms with van der Waals surface area (Å²) in [5, 5.41) is 36.4. The van der Waals surface area contributed by atoms with Crippen LogP contribution in [0.2, 0.25) is 0 Å². The molecule has 0 heterocycles. The molecule has 2 atom stereocenters. The lowest BCUT2D eigenvalue weighted by Gasteiger charge is -2.29. The number of hydrogen-bond acceptors (Lipinski definition) is 6. The monoisotopic (exact) mass is 288 g/mol. The SMILES string of the molecule is O=C(OCC(CO)(CO)CO)[C@H]1CC=CC[C@H]1C(=O)O. The normalized spacial score (nSPS) is 22.6. The van der Waals surface area contributed by atoms with Gasteiger partial charge in [-0.05, 0) is 12.8 Å². The Morgan fingerprint density at radius 2 is 1.55 bits per heavy atom. The summed E-state index contributed by atoms with van der Waals surface area (Å²) in [4.78, 5) is 23.0. The van der Waals surface area contributed by atoms with Crippen LogP contribution in [0.25, 0.3) is 0 Å². The van der Waals surface area contributed by atoms with E-state index in [1.165, 1.54) is 0 Å². The minimum atomic E-state index is -1.31. The molecule has 1 aliphatic rings. The molecule has 0 spiro atoms. The predicted octanol–water partition coefficient (Wildman–Crippen LogP) is -0.840. The minimum Gasteiger partial charge on any atom is -0.481 e. The van der Waals surface area contributed by atoms with Crippen molar-refractivity contribution in [1.29, 1.82) is 0 Å². The van der Waals surface area contributed by atoms with Crippen LogP contribution in [0.15, 0.2) is 12.2 Å². The zero-order chi connectivity index (χ0) is 15.2. The first-order chi connectivity index (χ1) is 9.49. The van der Waals surface area contributed by atoms with Gasteiger partial charge >= 0.3 is 11.9 Å². The highest BCUT2D eigenvalue weighted by atomic mass is 16.5. The van der Waals surface area contributed by atoms with E-state index < -0.39 is 49.0 Å². The van der Waals surface area contributed by atoms with Crippen molar-refractivity contribution in [2.75, 3.05) is 26.4 Å². The maximum absolute atomic E-state index is 11.9. The van der Waals surface area contributed by atoms with Crippen LogP contribution >= 0.6 is 0 Å². The molecule has 7 nitrogen and oxygen atoms in total. The summed E-state index contributed by atoms with van der Waals surface area (Å²) in [6.07, 6.45) is 3.98. The Morgan fingerprint density at radius 3 is 2.00 bits per heavy atom. The molecule has 0 radical (unpaired) electrons. The van der Waals surface area contributed by atoms with E-state index in [0.29, 0.717) is 0 Å². The highest BCUT2D eigenvalue weighted by Gasteiger charge is 2.37. The van der Waals surface area contributed by atoms with Crippen molar-refractivity contribution in [3.05, 3.63) is 12.2 Å².